The summed E-state index contributed by atoms with van der Waals surface area (Å²) in [4.78, 5) is 26.2. The Morgan fingerprint density at radius 1 is 1.15 bits per heavy atom. The SMILES string of the molecule is COc1ccc(NC(=O)C(=O)NCC(c2ccco2)N(C)C)c(OC)c1. The third kappa shape index (κ3) is 4.76. The van der Waals surface area contributed by atoms with Crippen LogP contribution in [-0.4, -0.2) is 51.6 Å². The van der Waals surface area contributed by atoms with E-state index in [2.05, 4.69) is 10.6 Å². The number of furan rings is 1. The fraction of sp³-hybridized carbons (Fsp3) is 0.333. The molecule has 1 aromatic carbocycles. The zero-order chi connectivity index (χ0) is 19.1. The number of ether oxygens (including phenoxy) is 2. The molecule has 8 heteroatoms. The molecule has 1 atom stereocenters. The average Bonchev–Trinajstić information content (AvgIpc) is 3.15. The Hall–Kier alpha value is -3.00. The minimum absolute atomic E-state index is 0.183. The molecule has 26 heavy (non-hydrogen) atoms. The fourth-order valence-corrected chi connectivity index (χ4v) is 2.37. The number of hydrogen-bond acceptors (Lipinski definition) is 6. The van der Waals surface area contributed by atoms with Crippen LogP contribution >= 0.6 is 0 Å². The van der Waals surface area contributed by atoms with Gasteiger partial charge in [-0.15, -0.1) is 0 Å². The maximum Gasteiger partial charge on any atom is 0.313 e. The number of rotatable bonds is 7. The molecule has 0 aliphatic heterocycles. The summed E-state index contributed by atoms with van der Waals surface area (Å²) in [7, 11) is 6.72. The molecule has 0 bridgehead atoms. The van der Waals surface area contributed by atoms with Gasteiger partial charge < -0.3 is 24.5 Å². The number of nitrogens with zero attached hydrogens (tertiary/aromatic N) is 1. The first-order valence-electron chi connectivity index (χ1n) is 7.97. The van der Waals surface area contributed by atoms with Crippen molar-refractivity contribution in [2.75, 3.05) is 40.2 Å². The van der Waals surface area contributed by atoms with Crippen LogP contribution in [0.15, 0.2) is 41.0 Å². The van der Waals surface area contributed by atoms with E-state index in [1.165, 1.54) is 14.2 Å². The van der Waals surface area contributed by atoms with Gasteiger partial charge in [-0.3, -0.25) is 14.5 Å². The summed E-state index contributed by atoms with van der Waals surface area (Å²) in [5, 5.41) is 5.15. The quantitative estimate of drug-likeness (QED) is 0.729. The lowest BCUT2D eigenvalue weighted by molar-refractivity contribution is -0.136. The van der Waals surface area contributed by atoms with Crippen molar-refractivity contribution >= 4 is 17.5 Å². The predicted octanol–water partition coefficient (Wildman–Crippen LogP) is 1.65. The van der Waals surface area contributed by atoms with Gasteiger partial charge in [0.05, 0.1) is 32.2 Å². The maximum atomic E-state index is 12.2. The van der Waals surface area contributed by atoms with Crippen molar-refractivity contribution in [1.82, 2.24) is 10.2 Å². The highest BCUT2D eigenvalue weighted by molar-refractivity contribution is 6.39. The number of methoxy groups -OCH3 is 2. The van der Waals surface area contributed by atoms with E-state index < -0.39 is 11.8 Å². The molecule has 2 amide bonds. The lowest BCUT2D eigenvalue weighted by Gasteiger charge is -2.22. The van der Waals surface area contributed by atoms with Gasteiger partial charge in [0.1, 0.15) is 17.3 Å². The second-order valence-corrected chi connectivity index (χ2v) is 5.73. The van der Waals surface area contributed by atoms with Gasteiger partial charge >= 0.3 is 11.8 Å². The molecule has 0 spiro atoms. The number of benzene rings is 1. The first kappa shape index (κ1) is 19.3. The van der Waals surface area contributed by atoms with Gasteiger partial charge in [0.25, 0.3) is 0 Å². The monoisotopic (exact) mass is 361 g/mol. The number of likely N-dealkylation sites (N-methyl/N-ethyl adjacent to an activating group) is 1. The summed E-state index contributed by atoms with van der Waals surface area (Å²) in [6, 6.07) is 8.29. The van der Waals surface area contributed by atoms with Crippen LogP contribution in [0.4, 0.5) is 5.69 Å². The Labute approximate surface area is 152 Å². The molecule has 2 rings (SSSR count). The second-order valence-electron chi connectivity index (χ2n) is 5.73. The Bertz CT molecular complexity index is 743. The minimum atomic E-state index is -0.787. The van der Waals surface area contributed by atoms with Crippen LogP contribution in [0.5, 0.6) is 11.5 Å². The van der Waals surface area contributed by atoms with Crippen molar-refractivity contribution in [3.63, 3.8) is 0 Å². The van der Waals surface area contributed by atoms with Gasteiger partial charge in [0.2, 0.25) is 0 Å². The zero-order valence-corrected chi connectivity index (χ0v) is 15.2. The summed E-state index contributed by atoms with van der Waals surface area (Å²) in [5.74, 6) is 0.142. The number of nitrogens with one attached hydrogen (secondary N) is 2. The van der Waals surface area contributed by atoms with Crippen LogP contribution in [0.1, 0.15) is 11.8 Å². The highest BCUT2D eigenvalue weighted by Crippen LogP contribution is 2.28. The van der Waals surface area contributed by atoms with E-state index in [0.29, 0.717) is 22.9 Å². The molecule has 0 aliphatic rings. The van der Waals surface area contributed by atoms with Crippen LogP contribution in [-0.2, 0) is 9.59 Å². The van der Waals surface area contributed by atoms with E-state index in [1.807, 2.05) is 25.1 Å². The number of hydrogen-bond donors (Lipinski definition) is 2. The van der Waals surface area contributed by atoms with Crippen LogP contribution in [0, 0.1) is 0 Å². The van der Waals surface area contributed by atoms with Gasteiger partial charge in [-0.2, -0.15) is 0 Å². The summed E-state index contributed by atoms with van der Waals surface area (Å²) in [6.45, 7) is 0.229. The summed E-state index contributed by atoms with van der Waals surface area (Å²) in [5.41, 5.74) is 0.378. The molecule has 0 saturated carbocycles. The van der Waals surface area contributed by atoms with Crippen molar-refractivity contribution in [2.24, 2.45) is 0 Å². The largest absolute Gasteiger partial charge is 0.497 e. The molecule has 140 valence electrons. The molecule has 0 radical (unpaired) electrons. The highest BCUT2D eigenvalue weighted by atomic mass is 16.5. The number of carbonyl (C=O) groups excluding carboxylic acids is 2. The van der Waals surface area contributed by atoms with Crippen molar-refractivity contribution in [1.29, 1.82) is 0 Å². The fourth-order valence-electron chi connectivity index (χ4n) is 2.37. The van der Waals surface area contributed by atoms with E-state index in [0.717, 1.165) is 0 Å². The minimum Gasteiger partial charge on any atom is -0.497 e. The van der Waals surface area contributed by atoms with Crippen molar-refractivity contribution in [2.45, 2.75) is 6.04 Å². The molecular formula is C18H23N3O5. The summed E-state index contributed by atoms with van der Waals surface area (Å²) < 4.78 is 15.7. The van der Waals surface area contributed by atoms with Crippen LogP contribution in [0.25, 0.3) is 0 Å². The lowest BCUT2D eigenvalue weighted by atomic mass is 10.2. The Morgan fingerprint density at radius 3 is 2.50 bits per heavy atom. The number of carbonyl (C=O) groups is 2. The molecule has 1 aromatic heterocycles. The highest BCUT2D eigenvalue weighted by Gasteiger charge is 2.21. The standard InChI is InChI=1S/C18H23N3O5/c1-21(2)14(15-6-5-9-26-15)11-19-17(22)18(23)20-13-8-7-12(24-3)10-16(13)25-4/h5-10,14H,11H2,1-4H3,(H,19,22)(H,20,23). The third-order valence-corrected chi connectivity index (χ3v) is 3.81. The zero-order valence-electron chi connectivity index (χ0n) is 15.2. The summed E-state index contributed by atoms with van der Waals surface area (Å²) in [6.07, 6.45) is 1.57. The van der Waals surface area contributed by atoms with Crippen molar-refractivity contribution in [3.8, 4) is 11.5 Å². The van der Waals surface area contributed by atoms with Crippen molar-refractivity contribution < 1.29 is 23.5 Å². The molecule has 0 aliphatic carbocycles. The van der Waals surface area contributed by atoms with Crippen LogP contribution < -0.4 is 20.1 Å². The van der Waals surface area contributed by atoms with Crippen molar-refractivity contribution in [3.05, 3.63) is 42.4 Å². The van der Waals surface area contributed by atoms with E-state index in [1.54, 1.807) is 30.5 Å². The maximum absolute atomic E-state index is 12.2. The second kappa shape index (κ2) is 8.91. The van der Waals surface area contributed by atoms with Gasteiger partial charge in [-0.05, 0) is 38.4 Å². The Morgan fingerprint density at radius 2 is 1.92 bits per heavy atom. The number of amides is 2. The molecule has 0 saturated heterocycles. The topological polar surface area (TPSA) is 93.0 Å². The molecule has 2 aromatic rings. The normalized spacial score (nSPS) is 11.7. The molecular weight excluding hydrogens is 338 g/mol. The smallest absolute Gasteiger partial charge is 0.313 e. The molecule has 1 heterocycles. The molecule has 1 unspecified atom stereocenters. The number of anilines is 1. The van der Waals surface area contributed by atoms with E-state index in [-0.39, 0.29) is 12.6 Å². The van der Waals surface area contributed by atoms with Gasteiger partial charge in [-0.25, -0.2) is 0 Å². The van der Waals surface area contributed by atoms with Gasteiger partial charge in [-0.1, -0.05) is 0 Å². The lowest BCUT2D eigenvalue weighted by Crippen LogP contribution is -2.40. The molecule has 2 N–H and O–H groups in total. The van der Waals surface area contributed by atoms with Crippen LogP contribution in [0.2, 0.25) is 0 Å². The Balaban J connectivity index is 1.98. The molecule has 8 nitrogen and oxygen atoms in total. The molecule has 0 fully saturated rings. The first-order valence-corrected chi connectivity index (χ1v) is 7.97. The van der Waals surface area contributed by atoms with E-state index in [9.17, 15) is 9.59 Å². The van der Waals surface area contributed by atoms with Crippen LogP contribution in [0.3, 0.4) is 0 Å². The summed E-state index contributed by atoms with van der Waals surface area (Å²) >= 11 is 0. The van der Waals surface area contributed by atoms with E-state index >= 15 is 0 Å². The Kier molecular flexibility index (Phi) is 6.62. The predicted molar refractivity (Wildman–Crippen MR) is 96.3 cm³/mol. The average molecular weight is 361 g/mol. The van der Waals surface area contributed by atoms with Gasteiger partial charge in [0, 0.05) is 12.6 Å². The third-order valence-electron chi connectivity index (χ3n) is 3.81. The van der Waals surface area contributed by atoms with E-state index in [4.69, 9.17) is 13.9 Å². The first-order chi connectivity index (χ1) is 12.5. The van der Waals surface area contributed by atoms with Gasteiger partial charge in [0.15, 0.2) is 0 Å².